The molecule has 1 aromatic heterocycles. The first-order valence-electron chi connectivity index (χ1n) is 6.97. The Bertz CT molecular complexity index is 757. The van der Waals surface area contributed by atoms with Crippen LogP contribution < -0.4 is 5.73 Å². The third-order valence-corrected chi connectivity index (χ3v) is 3.44. The van der Waals surface area contributed by atoms with Crippen molar-refractivity contribution in [3.05, 3.63) is 71.9 Å². The first-order chi connectivity index (χ1) is 10.3. The zero-order valence-corrected chi connectivity index (χ0v) is 13.2. The SMILES string of the molecule is Cc1ccccc1-c1nc(CN)cc(-c2ccccc2)n1.Cl. The Morgan fingerprint density at radius 3 is 2.27 bits per heavy atom. The molecule has 3 nitrogen and oxygen atoms in total. The van der Waals surface area contributed by atoms with Crippen molar-refractivity contribution in [3.63, 3.8) is 0 Å². The van der Waals surface area contributed by atoms with Crippen LogP contribution in [0.15, 0.2) is 60.7 Å². The molecule has 0 unspecified atom stereocenters. The fraction of sp³-hybridized carbons (Fsp3) is 0.111. The van der Waals surface area contributed by atoms with Crippen molar-refractivity contribution < 1.29 is 0 Å². The Kier molecular flexibility index (Phi) is 5.26. The van der Waals surface area contributed by atoms with Crippen LogP contribution in [0.2, 0.25) is 0 Å². The predicted octanol–water partition coefficient (Wildman–Crippen LogP) is 4.00. The maximum absolute atomic E-state index is 5.79. The minimum atomic E-state index is 0. The highest BCUT2D eigenvalue weighted by molar-refractivity contribution is 5.85. The van der Waals surface area contributed by atoms with E-state index in [0.29, 0.717) is 6.54 Å². The van der Waals surface area contributed by atoms with Crippen molar-refractivity contribution in [2.24, 2.45) is 5.73 Å². The Hall–Kier alpha value is -2.23. The van der Waals surface area contributed by atoms with E-state index in [2.05, 4.69) is 18.0 Å². The number of aryl methyl sites for hydroxylation is 1. The lowest BCUT2D eigenvalue weighted by atomic mass is 10.1. The quantitative estimate of drug-likeness (QED) is 0.795. The molecule has 0 radical (unpaired) electrons. The lowest BCUT2D eigenvalue weighted by Gasteiger charge is -2.09. The molecule has 0 amide bonds. The molecule has 4 heteroatoms. The minimum Gasteiger partial charge on any atom is -0.325 e. The van der Waals surface area contributed by atoms with Gasteiger partial charge in [0.15, 0.2) is 5.82 Å². The molecule has 2 aromatic carbocycles. The summed E-state index contributed by atoms with van der Waals surface area (Å²) in [7, 11) is 0. The highest BCUT2D eigenvalue weighted by Gasteiger charge is 2.09. The number of halogens is 1. The zero-order chi connectivity index (χ0) is 14.7. The van der Waals surface area contributed by atoms with Crippen molar-refractivity contribution in [1.82, 2.24) is 9.97 Å². The van der Waals surface area contributed by atoms with Crippen LogP contribution in [0, 0.1) is 6.92 Å². The number of benzene rings is 2. The summed E-state index contributed by atoms with van der Waals surface area (Å²) in [6.07, 6.45) is 0. The summed E-state index contributed by atoms with van der Waals surface area (Å²) in [5.41, 5.74) is 10.8. The first kappa shape index (κ1) is 16.1. The van der Waals surface area contributed by atoms with E-state index in [-0.39, 0.29) is 12.4 Å². The second kappa shape index (κ2) is 7.16. The second-order valence-corrected chi connectivity index (χ2v) is 4.95. The van der Waals surface area contributed by atoms with Gasteiger partial charge in [0.25, 0.3) is 0 Å². The molecule has 0 fully saturated rings. The molecule has 0 saturated heterocycles. The molecule has 0 spiro atoms. The fourth-order valence-electron chi connectivity index (χ4n) is 2.30. The lowest BCUT2D eigenvalue weighted by molar-refractivity contribution is 0.971. The molecule has 22 heavy (non-hydrogen) atoms. The van der Waals surface area contributed by atoms with Gasteiger partial charge in [-0.1, -0.05) is 54.6 Å². The van der Waals surface area contributed by atoms with Gasteiger partial charge in [-0.15, -0.1) is 12.4 Å². The molecule has 1 heterocycles. The molecule has 0 aliphatic rings. The Balaban J connectivity index is 0.00000176. The molecular formula is C18H18ClN3. The Morgan fingerprint density at radius 1 is 0.909 bits per heavy atom. The number of aromatic nitrogens is 2. The number of rotatable bonds is 3. The summed E-state index contributed by atoms with van der Waals surface area (Å²) in [6.45, 7) is 2.47. The summed E-state index contributed by atoms with van der Waals surface area (Å²) < 4.78 is 0. The highest BCUT2D eigenvalue weighted by atomic mass is 35.5. The van der Waals surface area contributed by atoms with Gasteiger partial charge in [-0.3, -0.25) is 0 Å². The standard InChI is InChI=1S/C18H17N3.ClH/c1-13-7-5-6-10-16(13)18-20-15(12-19)11-17(21-18)14-8-3-2-4-9-14;/h2-11H,12,19H2,1H3;1H. The monoisotopic (exact) mass is 311 g/mol. The van der Waals surface area contributed by atoms with Gasteiger partial charge in [0, 0.05) is 17.7 Å². The summed E-state index contributed by atoms with van der Waals surface area (Å²) in [5, 5.41) is 0. The van der Waals surface area contributed by atoms with E-state index in [1.54, 1.807) is 0 Å². The Labute approximate surface area is 136 Å². The second-order valence-electron chi connectivity index (χ2n) is 4.95. The van der Waals surface area contributed by atoms with Gasteiger partial charge in [-0.2, -0.15) is 0 Å². The topological polar surface area (TPSA) is 51.8 Å². The van der Waals surface area contributed by atoms with E-state index in [4.69, 9.17) is 10.7 Å². The smallest absolute Gasteiger partial charge is 0.160 e. The number of hydrogen-bond acceptors (Lipinski definition) is 3. The predicted molar refractivity (Wildman–Crippen MR) is 92.8 cm³/mol. The average molecular weight is 312 g/mol. The van der Waals surface area contributed by atoms with E-state index in [1.807, 2.05) is 54.6 Å². The molecule has 0 aliphatic heterocycles. The van der Waals surface area contributed by atoms with Crippen LogP contribution >= 0.6 is 12.4 Å². The fourth-order valence-corrected chi connectivity index (χ4v) is 2.30. The van der Waals surface area contributed by atoms with Gasteiger partial charge in [-0.05, 0) is 18.6 Å². The molecular weight excluding hydrogens is 294 g/mol. The van der Waals surface area contributed by atoms with Gasteiger partial charge in [-0.25, -0.2) is 9.97 Å². The van der Waals surface area contributed by atoms with E-state index in [0.717, 1.165) is 33.9 Å². The Morgan fingerprint density at radius 2 is 1.59 bits per heavy atom. The van der Waals surface area contributed by atoms with E-state index in [9.17, 15) is 0 Å². The van der Waals surface area contributed by atoms with Crippen LogP contribution in [0.3, 0.4) is 0 Å². The van der Waals surface area contributed by atoms with E-state index >= 15 is 0 Å². The molecule has 0 saturated carbocycles. The molecule has 3 rings (SSSR count). The number of nitrogens with two attached hydrogens (primary N) is 1. The minimum absolute atomic E-state index is 0. The van der Waals surface area contributed by atoms with E-state index < -0.39 is 0 Å². The van der Waals surface area contributed by atoms with Gasteiger partial charge in [0.05, 0.1) is 11.4 Å². The summed E-state index contributed by atoms with van der Waals surface area (Å²) in [6, 6.07) is 20.2. The van der Waals surface area contributed by atoms with Crippen molar-refractivity contribution >= 4 is 12.4 Å². The molecule has 112 valence electrons. The molecule has 3 aromatic rings. The maximum Gasteiger partial charge on any atom is 0.160 e. The van der Waals surface area contributed by atoms with Crippen LogP contribution in [0.1, 0.15) is 11.3 Å². The molecule has 0 bridgehead atoms. The molecule has 2 N–H and O–H groups in total. The van der Waals surface area contributed by atoms with Crippen LogP contribution in [0.4, 0.5) is 0 Å². The third-order valence-electron chi connectivity index (χ3n) is 3.44. The molecule has 0 aliphatic carbocycles. The summed E-state index contributed by atoms with van der Waals surface area (Å²) >= 11 is 0. The third kappa shape index (κ3) is 3.32. The zero-order valence-electron chi connectivity index (χ0n) is 12.4. The van der Waals surface area contributed by atoms with Gasteiger partial charge >= 0.3 is 0 Å². The number of nitrogens with zero attached hydrogens (tertiary/aromatic N) is 2. The first-order valence-corrected chi connectivity index (χ1v) is 6.97. The van der Waals surface area contributed by atoms with Crippen molar-refractivity contribution in [3.8, 4) is 22.6 Å². The maximum atomic E-state index is 5.79. The van der Waals surface area contributed by atoms with Crippen molar-refractivity contribution in [2.75, 3.05) is 0 Å². The van der Waals surface area contributed by atoms with Crippen LogP contribution in [-0.4, -0.2) is 9.97 Å². The van der Waals surface area contributed by atoms with Gasteiger partial charge in [0.2, 0.25) is 0 Å². The average Bonchev–Trinajstić information content (AvgIpc) is 2.55. The summed E-state index contributed by atoms with van der Waals surface area (Å²) in [4.78, 5) is 9.29. The van der Waals surface area contributed by atoms with Gasteiger partial charge in [0.1, 0.15) is 0 Å². The number of hydrogen-bond donors (Lipinski definition) is 1. The van der Waals surface area contributed by atoms with Crippen LogP contribution in [0.25, 0.3) is 22.6 Å². The summed E-state index contributed by atoms with van der Waals surface area (Å²) in [5.74, 6) is 0.731. The lowest BCUT2D eigenvalue weighted by Crippen LogP contribution is -2.04. The van der Waals surface area contributed by atoms with Crippen LogP contribution in [-0.2, 0) is 6.54 Å². The largest absolute Gasteiger partial charge is 0.325 e. The normalized spacial score (nSPS) is 10.1. The van der Waals surface area contributed by atoms with E-state index in [1.165, 1.54) is 0 Å². The molecule has 0 atom stereocenters. The van der Waals surface area contributed by atoms with Crippen molar-refractivity contribution in [1.29, 1.82) is 0 Å². The van der Waals surface area contributed by atoms with Crippen molar-refractivity contribution in [2.45, 2.75) is 13.5 Å². The van der Waals surface area contributed by atoms with Crippen LogP contribution in [0.5, 0.6) is 0 Å². The highest BCUT2D eigenvalue weighted by Crippen LogP contribution is 2.24. The van der Waals surface area contributed by atoms with Gasteiger partial charge < -0.3 is 5.73 Å².